The lowest BCUT2D eigenvalue weighted by Crippen LogP contribution is -2.37. The first kappa shape index (κ1) is 25.2. The van der Waals surface area contributed by atoms with Gasteiger partial charge in [0.2, 0.25) is 17.8 Å². The van der Waals surface area contributed by atoms with Crippen molar-refractivity contribution in [1.82, 2.24) is 20.3 Å². The van der Waals surface area contributed by atoms with Gasteiger partial charge in [-0.15, -0.1) is 13.2 Å². The lowest BCUT2D eigenvalue weighted by atomic mass is 9.85. The summed E-state index contributed by atoms with van der Waals surface area (Å²) in [7, 11) is 1.73. The molecule has 4 rings (SSSR count). The van der Waals surface area contributed by atoms with Crippen molar-refractivity contribution < 1.29 is 22.7 Å². The summed E-state index contributed by atoms with van der Waals surface area (Å²) in [6.07, 6.45) is -1.90. The standard InChI is InChI=1S/C25H27F3N6O2/c1-29-23-32-21(16-8-3-2-4-9-16)33-24(34-23)31-19-12-7-11-17(14-19)22(35)30-15-18-10-5-6-13-20(18)36-25(26,27)28/h2-6,8-10,13,17,19H,7,11-12,14-15H2,1H3,(H,30,35)(H2,29,31,32,33,34)/t17-,19+/m0/s1. The molecule has 36 heavy (non-hydrogen) atoms. The second-order valence-corrected chi connectivity index (χ2v) is 8.50. The fourth-order valence-corrected chi connectivity index (χ4v) is 4.21. The molecule has 3 N–H and O–H groups in total. The maximum atomic E-state index is 12.9. The number of halogens is 3. The number of nitrogens with zero attached hydrogens (tertiary/aromatic N) is 3. The molecule has 2 aromatic carbocycles. The molecule has 2 atom stereocenters. The third-order valence-corrected chi connectivity index (χ3v) is 5.92. The molecular weight excluding hydrogens is 473 g/mol. The highest BCUT2D eigenvalue weighted by atomic mass is 19.4. The number of ether oxygens (including phenoxy) is 1. The number of anilines is 2. The van der Waals surface area contributed by atoms with Crippen LogP contribution < -0.4 is 20.7 Å². The number of amides is 1. The Morgan fingerprint density at radius 3 is 2.47 bits per heavy atom. The van der Waals surface area contributed by atoms with E-state index in [1.165, 1.54) is 18.2 Å². The second kappa shape index (κ2) is 11.2. The van der Waals surface area contributed by atoms with E-state index in [0.29, 0.717) is 30.6 Å². The fourth-order valence-electron chi connectivity index (χ4n) is 4.21. The van der Waals surface area contributed by atoms with Gasteiger partial charge in [-0.2, -0.15) is 15.0 Å². The van der Waals surface area contributed by atoms with E-state index >= 15 is 0 Å². The number of rotatable bonds is 8. The van der Waals surface area contributed by atoms with Gasteiger partial charge in [0.05, 0.1) is 0 Å². The van der Waals surface area contributed by atoms with Gasteiger partial charge in [-0.05, 0) is 25.3 Å². The number of hydrogen-bond donors (Lipinski definition) is 3. The van der Waals surface area contributed by atoms with E-state index in [1.54, 1.807) is 13.1 Å². The molecule has 1 aliphatic rings. The first-order valence-corrected chi connectivity index (χ1v) is 11.7. The molecule has 190 valence electrons. The molecule has 0 spiro atoms. The monoisotopic (exact) mass is 500 g/mol. The number of nitrogens with one attached hydrogen (secondary N) is 3. The summed E-state index contributed by atoms with van der Waals surface area (Å²) < 4.78 is 42.1. The van der Waals surface area contributed by atoms with Gasteiger partial charge in [-0.3, -0.25) is 4.79 Å². The molecule has 1 aromatic heterocycles. The molecule has 11 heteroatoms. The predicted molar refractivity (Wildman–Crippen MR) is 129 cm³/mol. The van der Waals surface area contributed by atoms with E-state index in [-0.39, 0.29) is 35.7 Å². The maximum Gasteiger partial charge on any atom is 0.573 e. The zero-order chi connectivity index (χ0) is 25.5. The number of hydrogen-bond acceptors (Lipinski definition) is 7. The van der Waals surface area contributed by atoms with Crippen LogP contribution in [-0.2, 0) is 11.3 Å². The average Bonchev–Trinajstić information content (AvgIpc) is 2.87. The highest BCUT2D eigenvalue weighted by Gasteiger charge is 2.32. The third kappa shape index (κ3) is 6.83. The molecule has 1 heterocycles. The van der Waals surface area contributed by atoms with E-state index in [1.807, 2.05) is 30.3 Å². The van der Waals surface area contributed by atoms with Gasteiger partial charge < -0.3 is 20.7 Å². The van der Waals surface area contributed by atoms with Crippen LogP contribution in [0.2, 0.25) is 0 Å². The topological polar surface area (TPSA) is 101 Å². The van der Waals surface area contributed by atoms with Crippen LogP contribution in [-0.4, -0.2) is 40.3 Å². The molecular formula is C25H27F3N6O2. The number of aromatic nitrogens is 3. The highest BCUT2D eigenvalue weighted by molar-refractivity contribution is 5.79. The molecule has 1 amide bonds. The van der Waals surface area contributed by atoms with Crippen molar-refractivity contribution in [1.29, 1.82) is 0 Å². The molecule has 0 saturated heterocycles. The maximum absolute atomic E-state index is 12.9. The van der Waals surface area contributed by atoms with Gasteiger partial charge >= 0.3 is 6.36 Å². The zero-order valence-corrected chi connectivity index (χ0v) is 19.7. The molecule has 1 saturated carbocycles. The van der Waals surface area contributed by atoms with Crippen molar-refractivity contribution >= 4 is 17.8 Å². The Hall–Kier alpha value is -3.89. The minimum Gasteiger partial charge on any atom is -0.405 e. The molecule has 0 radical (unpaired) electrons. The summed E-state index contributed by atoms with van der Waals surface area (Å²) in [5.41, 5.74) is 1.11. The molecule has 8 nitrogen and oxygen atoms in total. The van der Waals surface area contributed by atoms with Crippen LogP contribution in [0, 0.1) is 5.92 Å². The minimum atomic E-state index is -4.80. The van der Waals surface area contributed by atoms with Crippen LogP contribution in [0.3, 0.4) is 0 Å². The van der Waals surface area contributed by atoms with Gasteiger partial charge in [0.15, 0.2) is 5.82 Å². The Kier molecular flexibility index (Phi) is 7.87. The number of benzene rings is 2. The molecule has 3 aromatic rings. The van der Waals surface area contributed by atoms with Gasteiger partial charge in [0.1, 0.15) is 5.75 Å². The van der Waals surface area contributed by atoms with Crippen molar-refractivity contribution in [2.45, 2.75) is 44.6 Å². The van der Waals surface area contributed by atoms with E-state index < -0.39 is 6.36 Å². The van der Waals surface area contributed by atoms with Gasteiger partial charge in [0, 0.05) is 36.7 Å². The quantitative estimate of drug-likeness (QED) is 0.410. The third-order valence-electron chi connectivity index (χ3n) is 5.92. The second-order valence-electron chi connectivity index (χ2n) is 8.50. The summed E-state index contributed by atoms with van der Waals surface area (Å²) >= 11 is 0. The van der Waals surface area contributed by atoms with E-state index in [2.05, 4.69) is 35.6 Å². The molecule has 1 fully saturated rings. The highest BCUT2D eigenvalue weighted by Crippen LogP contribution is 2.29. The number of alkyl halides is 3. The summed E-state index contributed by atoms with van der Waals surface area (Å²) in [4.78, 5) is 26.2. The van der Waals surface area contributed by atoms with Crippen LogP contribution in [0.5, 0.6) is 5.75 Å². The minimum absolute atomic E-state index is 0.0360. The number of carbonyl (C=O) groups is 1. The Labute approximate surface area is 206 Å². The van der Waals surface area contributed by atoms with Crippen molar-refractivity contribution in [2.24, 2.45) is 5.92 Å². The summed E-state index contributed by atoms with van der Waals surface area (Å²) in [5, 5.41) is 9.04. The van der Waals surface area contributed by atoms with Gasteiger partial charge in [0.25, 0.3) is 0 Å². The predicted octanol–water partition coefficient (Wildman–Crippen LogP) is 4.77. The van der Waals surface area contributed by atoms with Crippen molar-refractivity contribution in [3.05, 3.63) is 60.2 Å². The van der Waals surface area contributed by atoms with E-state index in [4.69, 9.17) is 0 Å². The summed E-state index contributed by atoms with van der Waals surface area (Å²) in [6, 6.07) is 15.3. The van der Waals surface area contributed by atoms with Crippen LogP contribution in [0.25, 0.3) is 11.4 Å². The van der Waals surface area contributed by atoms with Crippen molar-refractivity contribution in [3.8, 4) is 17.1 Å². The lowest BCUT2D eigenvalue weighted by molar-refractivity contribution is -0.274. The van der Waals surface area contributed by atoms with Crippen molar-refractivity contribution in [2.75, 3.05) is 17.7 Å². The largest absolute Gasteiger partial charge is 0.573 e. The van der Waals surface area contributed by atoms with Crippen LogP contribution >= 0.6 is 0 Å². The molecule has 1 aliphatic carbocycles. The molecule has 0 aliphatic heterocycles. The molecule has 0 unspecified atom stereocenters. The SMILES string of the molecule is CNc1nc(N[C@@H]2CCC[C@H](C(=O)NCc3ccccc3OC(F)(F)F)C2)nc(-c2ccccc2)n1. The first-order valence-electron chi connectivity index (χ1n) is 11.7. The van der Waals surface area contributed by atoms with E-state index in [0.717, 1.165) is 18.4 Å². The van der Waals surface area contributed by atoms with Gasteiger partial charge in [-0.1, -0.05) is 55.0 Å². The number of para-hydroxylation sites is 1. The zero-order valence-electron chi connectivity index (χ0n) is 19.7. The Balaban J connectivity index is 1.39. The lowest BCUT2D eigenvalue weighted by Gasteiger charge is -2.29. The van der Waals surface area contributed by atoms with Crippen LogP contribution in [0.1, 0.15) is 31.2 Å². The fraction of sp³-hybridized carbons (Fsp3) is 0.360. The summed E-state index contributed by atoms with van der Waals surface area (Å²) in [5.74, 6) is 0.555. The molecule has 0 bridgehead atoms. The van der Waals surface area contributed by atoms with Crippen LogP contribution in [0.15, 0.2) is 54.6 Å². The normalized spacial score (nSPS) is 17.8. The van der Waals surface area contributed by atoms with E-state index in [9.17, 15) is 18.0 Å². The van der Waals surface area contributed by atoms with Gasteiger partial charge in [-0.25, -0.2) is 0 Å². The Morgan fingerprint density at radius 2 is 1.72 bits per heavy atom. The number of carbonyl (C=O) groups excluding carboxylic acids is 1. The average molecular weight is 501 g/mol. The Bertz CT molecular complexity index is 1180. The van der Waals surface area contributed by atoms with Crippen molar-refractivity contribution in [3.63, 3.8) is 0 Å². The first-order chi connectivity index (χ1) is 17.3. The van der Waals surface area contributed by atoms with Crippen LogP contribution in [0.4, 0.5) is 25.1 Å². The summed E-state index contributed by atoms with van der Waals surface area (Å²) in [6.45, 7) is -0.0564. The Morgan fingerprint density at radius 1 is 1.00 bits per heavy atom. The smallest absolute Gasteiger partial charge is 0.405 e.